The van der Waals surface area contributed by atoms with Gasteiger partial charge in [0.15, 0.2) is 11.5 Å². The van der Waals surface area contributed by atoms with Gasteiger partial charge in [0.2, 0.25) is 0 Å². The first-order valence-corrected chi connectivity index (χ1v) is 6.36. The fraction of sp³-hybridized carbons (Fsp3) is 0.571. The highest BCUT2D eigenvalue weighted by atomic mass is 16.5. The monoisotopic (exact) mass is 233 g/mol. The van der Waals surface area contributed by atoms with Crippen LogP contribution in [0.3, 0.4) is 0 Å². The second-order valence-corrected chi connectivity index (χ2v) is 5.16. The maximum atomic E-state index is 5.89. The molecular weight excluding hydrogens is 214 g/mol. The van der Waals surface area contributed by atoms with Crippen LogP contribution in [0.2, 0.25) is 0 Å². The molecule has 1 aliphatic heterocycles. The van der Waals surface area contributed by atoms with Crippen LogP contribution in [-0.2, 0) is 5.41 Å². The van der Waals surface area contributed by atoms with E-state index in [2.05, 4.69) is 19.1 Å². The van der Waals surface area contributed by atoms with E-state index >= 15 is 0 Å². The molecule has 1 fully saturated rings. The fourth-order valence-electron chi connectivity index (χ4n) is 2.52. The van der Waals surface area contributed by atoms with Gasteiger partial charge < -0.3 is 15.2 Å². The Labute approximate surface area is 102 Å². The highest BCUT2D eigenvalue weighted by Crippen LogP contribution is 2.50. The predicted molar refractivity (Wildman–Crippen MR) is 66.8 cm³/mol. The van der Waals surface area contributed by atoms with Gasteiger partial charge in [0.1, 0.15) is 0 Å². The van der Waals surface area contributed by atoms with Crippen LogP contribution in [0.1, 0.15) is 30.4 Å². The van der Waals surface area contributed by atoms with Gasteiger partial charge >= 0.3 is 0 Å². The molecule has 0 radical (unpaired) electrons. The van der Waals surface area contributed by atoms with Gasteiger partial charge in [-0.25, -0.2) is 0 Å². The molecule has 0 spiro atoms. The van der Waals surface area contributed by atoms with E-state index in [1.54, 1.807) is 0 Å². The molecule has 0 amide bonds. The summed E-state index contributed by atoms with van der Waals surface area (Å²) in [6.07, 6.45) is 3.34. The Hall–Kier alpha value is -1.22. The number of rotatable bonds is 2. The summed E-state index contributed by atoms with van der Waals surface area (Å²) >= 11 is 0. The lowest BCUT2D eigenvalue weighted by molar-refractivity contribution is 0.296. The van der Waals surface area contributed by atoms with Crippen LogP contribution in [0.25, 0.3) is 0 Å². The Morgan fingerprint density at radius 1 is 1.24 bits per heavy atom. The number of benzene rings is 1. The van der Waals surface area contributed by atoms with E-state index in [-0.39, 0.29) is 5.41 Å². The largest absolute Gasteiger partial charge is 0.490 e. The molecule has 3 heteroatoms. The van der Waals surface area contributed by atoms with E-state index < -0.39 is 0 Å². The van der Waals surface area contributed by atoms with Crippen molar-refractivity contribution in [3.05, 3.63) is 23.3 Å². The number of nitrogens with two attached hydrogens (primary N) is 1. The SMILES string of the molecule is Cc1cc(C2(CN)CC2)cc2c1OCCCO2. The van der Waals surface area contributed by atoms with Gasteiger partial charge in [-0.3, -0.25) is 0 Å². The summed E-state index contributed by atoms with van der Waals surface area (Å²) in [7, 11) is 0. The topological polar surface area (TPSA) is 44.5 Å². The minimum atomic E-state index is 0.218. The van der Waals surface area contributed by atoms with Crippen molar-refractivity contribution in [3.8, 4) is 11.5 Å². The van der Waals surface area contributed by atoms with Crippen LogP contribution in [0.4, 0.5) is 0 Å². The van der Waals surface area contributed by atoms with E-state index in [1.807, 2.05) is 0 Å². The van der Waals surface area contributed by atoms with Crippen LogP contribution >= 0.6 is 0 Å². The summed E-state index contributed by atoms with van der Waals surface area (Å²) in [6.45, 7) is 4.30. The third-order valence-electron chi connectivity index (χ3n) is 3.89. The van der Waals surface area contributed by atoms with Crippen molar-refractivity contribution in [1.82, 2.24) is 0 Å². The summed E-state index contributed by atoms with van der Waals surface area (Å²) in [5.74, 6) is 1.82. The highest BCUT2D eigenvalue weighted by Gasteiger charge is 2.43. The Morgan fingerprint density at radius 3 is 2.71 bits per heavy atom. The van der Waals surface area contributed by atoms with Crippen molar-refractivity contribution in [2.45, 2.75) is 31.6 Å². The second kappa shape index (κ2) is 3.91. The van der Waals surface area contributed by atoms with E-state index in [1.165, 1.54) is 24.0 Å². The summed E-state index contributed by atoms with van der Waals surface area (Å²) in [6, 6.07) is 4.35. The number of hydrogen-bond donors (Lipinski definition) is 1. The van der Waals surface area contributed by atoms with Crippen molar-refractivity contribution in [2.75, 3.05) is 19.8 Å². The zero-order valence-corrected chi connectivity index (χ0v) is 10.3. The maximum Gasteiger partial charge on any atom is 0.164 e. The van der Waals surface area contributed by atoms with Gasteiger partial charge in [-0.05, 0) is 37.0 Å². The Bertz CT molecular complexity index is 438. The van der Waals surface area contributed by atoms with Crippen molar-refractivity contribution < 1.29 is 9.47 Å². The normalized spacial score (nSPS) is 20.8. The average Bonchev–Trinajstić information content (AvgIpc) is 3.13. The quantitative estimate of drug-likeness (QED) is 0.851. The van der Waals surface area contributed by atoms with Gasteiger partial charge in [0.05, 0.1) is 13.2 Å². The summed E-state index contributed by atoms with van der Waals surface area (Å²) < 4.78 is 11.5. The minimum absolute atomic E-state index is 0.218. The molecule has 1 aromatic carbocycles. The first kappa shape index (κ1) is 10.9. The average molecular weight is 233 g/mol. The standard InChI is InChI=1S/C14H19NO2/c1-10-7-11(14(9-15)3-4-14)8-12-13(10)17-6-2-5-16-12/h7-8H,2-6,9,15H2,1H3. The minimum Gasteiger partial charge on any atom is -0.490 e. The number of ether oxygens (including phenoxy) is 2. The highest BCUT2D eigenvalue weighted by molar-refractivity contribution is 5.52. The number of aryl methyl sites for hydroxylation is 1. The fourth-order valence-corrected chi connectivity index (χ4v) is 2.52. The molecule has 92 valence electrons. The van der Waals surface area contributed by atoms with Gasteiger partial charge in [-0.1, -0.05) is 6.07 Å². The molecule has 0 aromatic heterocycles. The molecule has 1 heterocycles. The van der Waals surface area contributed by atoms with Gasteiger partial charge in [0, 0.05) is 18.4 Å². The molecule has 17 heavy (non-hydrogen) atoms. The molecule has 1 aliphatic carbocycles. The van der Waals surface area contributed by atoms with Crippen molar-refractivity contribution >= 4 is 0 Å². The molecular formula is C14H19NO2. The summed E-state index contributed by atoms with van der Waals surface area (Å²) in [4.78, 5) is 0. The van der Waals surface area contributed by atoms with Gasteiger partial charge in [0.25, 0.3) is 0 Å². The maximum absolute atomic E-state index is 5.89. The predicted octanol–water partition coefficient (Wildman–Crippen LogP) is 2.15. The third kappa shape index (κ3) is 1.78. The second-order valence-electron chi connectivity index (χ2n) is 5.16. The first-order valence-electron chi connectivity index (χ1n) is 6.36. The molecule has 0 saturated heterocycles. The van der Waals surface area contributed by atoms with Crippen LogP contribution < -0.4 is 15.2 Å². The third-order valence-corrected chi connectivity index (χ3v) is 3.89. The molecule has 0 bridgehead atoms. The van der Waals surface area contributed by atoms with Crippen LogP contribution in [0, 0.1) is 6.92 Å². The van der Waals surface area contributed by atoms with E-state index in [0.29, 0.717) is 0 Å². The molecule has 1 aromatic rings. The Kier molecular flexibility index (Phi) is 2.51. The van der Waals surface area contributed by atoms with Crippen LogP contribution in [-0.4, -0.2) is 19.8 Å². The molecule has 2 N–H and O–H groups in total. The van der Waals surface area contributed by atoms with E-state index in [4.69, 9.17) is 15.2 Å². The zero-order valence-electron chi connectivity index (χ0n) is 10.3. The lowest BCUT2D eigenvalue weighted by Gasteiger charge is -2.17. The van der Waals surface area contributed by atoms with E-state index in [0.717, 1.165) is 37.7 Å². The van der Waals surface area contributed by atoms with Crippen molar-refractivity contribution in [2.24, 2.45) is 5.73 Å². The van der Waals surface area contributed by atoms with E-state index in [9.17, 15) is 0 Å². The van der Waals surface area contributed by atoms with Crippen molar-refractivity contribution in [3.63, 3.8) is 0 Å². The Morgan fingerprint density at radius 2 is 2.00 bits per heavy atom. The summed E-state index contributed by atoms with van der Waals surface area (Å²) in [5.41, 5.74) is 8.59. The molecule has 1 saturated carbocycles. The van der Waals surface area contributed by atoms with Crippen LogP contribution in [0.5, 0.6) is 11.5 Å². The van der Waals surface area contributed by atoms with Gasteiger partial charge in [-0.2, -0.15) is 0 Å². The lowest BCUT2D eigenvalue weighted by Crippen LogP contribution is -2.20. The number of fused-ring (bicyclic) bond motifs is 1. The van der Waals surface area contributed by atoms with Gasteiger partial charge in [-0.15, -0.1) is 0 Å². The number of hydrogen-bond acceptors (Lipinski definition) is 3. The first-order chi connectivity index (χ1) is 8.25. The molecule has 0 unspecified atom stereocenters. The molecule has 0 atom stereocenters. The molecule has 3 nitrogen and oxygen atoms in total. The lowest BCUT2D eigenvalue weighted by atomic mass is 9.94. The smallest absolute Gasteiger partial charge is 0.164 e. The Balaban J connectivity index is 2.03. The van der Waals surface area contributed by atoms with Crippen molar-refractivity contribution in [1.29, 1.82) is 0 Å². The zero-order chi connectivity index (χ0) is 11.9. The summed E-state index contributed by atoms with van der Waals surface area (Å²) in [5, 5.41) is 0. The molecule has 3 rings (SSSR count). The van der Waals surface area contributed by atoms with Crippen LogP contribution in [0.15, 0.2) is 12.1 Å². The molecule has 2 aliphatic rings.